The van der Waals surface area contributed by atoms with E-state index >= 15 is 0 Å². The molecule has 1 saturated heterocycles. The minimum absolute atomic E-state index is 0.0172. The van der Waals surface area contributed by atoms with Gasteiger partial charge in [-0.25, -0.2) is 4.98 Å². The van der Waals surface area contributed by atoms with Crippen LogP contribution in [0.5, 0.6) is 11.5 Å². The van der Waals surface area contributed by atoms with E-state index in [1.807, 2.05) is 30.3 Å². The van der Waals surface area contributed by atoms with Crippen LogP contribution in [0.2, 0.25) is 0 Å². The van der Waals surface area contributed by atoms with Crippen LogP contribution in [0, 0.1) is 5.92 Å². The van der Waals surface area contributed by atoms with E-state index in [0.29, 0.717) is 6.54 Å². The summed E-state index contributed by atoms with van der Waals surface area (Å²) in [6, 6.07) is 18.2. The zero-order valence-corrected chi connectivity index (χ0v) is 17.7. The molecule has 7 heteroatoms. The molecule has 0 bridgehead atoms. The van der Waals surface area contributed by atoms with Crippen molar-refractivity contribution < 1.29 is 14.3 Å². The van der Waals surface area contributed by atoms with Gasteiger partial charge < -0.3 is 24.1 Å². The molecule has 0 aliphatic carbocycles. The van der Waals surface area contributed by atoms with Gasteiger partial charge in [0.25, 0.3) is 0 Å². The van der Waals surface area contributed by atoms with E-state index in [0.717, 1.165) is 65.4 Å². The highest BCUT2D eigenvalue weighted by atomic mass is 16.7. The lowest BCUT2D eigenvalue weighted by Crippen LogP contribution is -2.40. The first-order chi connectivity index (χ1) is 15.8. The third kappa shape index (κ3) is 3.30. The molecule has 0 saturated carbocycles. The predicted octanol–water partition coefficient (Wildman–Crippen LogP) is 3.75. The normalized spacial score (nSPS) is 16.1. The monoisotopic (exact) mass is 428 g/mol. The highest BCUT2D eigenvalue weighted by molar-refractivity contribution is 5.85. The van der Waals surface area contributed by atoms with Gasteiger partial charge >= 0.3 is 0 Å². The van der Waals surface area contributed by atoms with Crippen molar-refractivity contribution >= 4 is 28.3 Å². The lowest BCUT2D eigenvalue weighted by molar-refractivity contribution is -0.125. The quantitative estimate of drug-likeness (QED) is 0.536. The van der Waals surface area contributed by atoms with Crippen LogP contribution in [-0.4, -0.2) is 35.2 Å². The summed E-state index contributed by atoms with van der Waals surface area (Å²) in [5, 5.41) is 3.09. The molecule has 2 aliphatic heterocycles. The molecule has 7 nitrogen and oxygen atoms in total. The summed E-state index contributed by atoms with van der Waals surface area (Å²) in [7, 11) is 0. The van der Waals surface area contributed by atoms with E-state index in [4.69, 9.17) is 14.5 Å². The van der Waals surface area contributed by atoms with Gasteiger partial charge in [-0.15, -0.1) is 0 Å². The largest absolute Gasteiger partial charge is 0.454 e. The van der Waals surface area contributed by atoms with Gasteiger partial charge in [-0.05, 0) is 54.8 Å². The zero-order chi connectivity index (χ0) is 21.5. The Hall–Kier alpha value is -3.74. The maximum absolute atomic E-state index is 12.8. The molecule has 2 aliphatic rings. The lowest BCUT2D eigenvalue weighted by Gasteiger charge is -2.32. The fourth-order valence-corrected chi connectivity index (χ4v) is 4.68. The van der Waals surface area contributed by atoms with Gasteiger partial charge in [0, 0.05) is 31.7 Å². The minimum atomic E-state index is 0.0172. The molecular weight excluding hydrogens is 404 g/mol. The van der Waals surface area contributed by atoms with Gasteiger partial charge in [0.05, 0.1) is 16.6 Å². The number of aromatic nitrogens is 2. The van der Waals surface area contributed by atoms with Crippen molar-refractivity contribution in [2.24, 2.45) is 5.92 Å². The number of para-hydroxylation sites is 2. The smallest absolute Gasteiger partial charge is 0.231 e. The summed E-state index contributed by atoms with van der Waals surface area (Å²) >= 11 is 0. The average molecular weight is 428 g/mol. The highest BCUT2D eigenvalue weighted by Gasteiger charge is 2.27. The molecule has 2 aromatic heterocycles. The molecule has 4 heterocycles. The number of nitrogens with one attached hydrogen (secondary N) is 1. The summed E-state index contributed by atoms with van der Waals surface area (Å²) in [6.07, 6.45) is 3.71. The van der Waals surface area contributed by atoms with Crippen molar-refractivity contribution in [3.8, 4) is 11.5 Å². The number of hydrogen-bond acceptors (Lipinski definition) is 5. The fraction of sp³-hybridized carbons (Fsp3) is 0.280. The van der Waals surface area contributed by atoms with E-state index in [9.17, 15) is 4.79 Å². The van der Waals surface area contributed by atoms with Crippen molar-refractivity contribution in [1.82, 2.24) is 14.7 Å². The number of piperidine rings is 1. The van der Waals surface area contributed by atoms with Crippen molar-refractivity contribution in [1.29, 1.82) is 0 Å². The van der Waals surface area contributed by atoms with Crippen LogP contribution in [0.4, 0.5) is 5.82 Å². The fourth-order valence-electron chi connectivity index (χ4n) is 4.68. The Morgan fingerprint density at radius 1 is 1.00 bits per heavy atom. The Kier molecular flexibility index (Phi) is 4.60. The van der Waals surface area contributed by atoms with Gasteiger partial charge in [-0.2, -0.15) is 0 Å². The van der Waals surface area contributed by atoms with Crippen molar-refractivity contribution in [3.05, 3.63) is 66.4 Å². The predicted molar refractivity (Wildman–Crippen MR) is 122 cm³/mol. The Morgan fingerprint density at radius 2 is 1.81 bits per heavy atom. The number of carbonyl (C=O) groups excluding carboxylic acids is 1. The Bertz CT molecular complexity index is 1310. The molecule has 6 rings (SSSR count). The average Bonchev–Trinajstić information content (AvgIpc) is 3.52. The number of fused-ring (bicyclic) bond motifs is 4. The van der Waals surface area contributed by atoms with Crippen LogP contribution in [0.3, 0.4) is 0 Å². The van der Waals surface area contributed by atoms with Gasteiger partial charge in [0.2, 0.25) is 12.7 Å². The zero-order valence-electron chi connectivity index (χ0n) is 17.7. The van der Waals surface area contributed by atoms with E-state index in [2.05, 4.69) is 45.1 Å². The van der Waals surface area contributed by atoms with E-state index < -0.39 is 0 Å². The number of nitrogens with zero attached hydrogens (tertiary/aromatic N) is 3. The maximum atomic E-state index is 12.8. The summed E-state index contributed by atoms with van der Waals surface area (Å²) in [4.78, 5) is 20.1. The minimum Gasteiger partial charge on any atom is -0.454 e. The Labute approximate surface area is 185 Å². The second kappa shape index (κ2) is 7.75. The standard InChI is InChI=1S/C25H24N4O3/c30-25(26-15-17-7-8-22-23(14-17)32-16-31-22)18-9-12-28(13-10-18)24-21-6-3-11-29(21)20-5-2-1-4-19(20)27-24/h1-8,11,14,18H,9-10,12-13,15-16H2,(H,26,30). The highest BCUT2D eigenvalue weighted by Crippen LogP contribution is 2.33. The van der Waals surface area contributed by atoms with Gasteiger partial charge in [-0.3, -0.25) is 4.79 Å². The van der Waals surface area contributed by atoms with E-state index in [1.54, 1.807) is 0 Å². The van der Waals surface area contributed by atoms with Crippen molar-refractivity contribution in [2.45, 2.75) is 19.4 Å². The summed E-state index contributed by atoms with van der Waals surface area (Å²) in [5.74, 6) is 2.62. The molecule has 1 fully saturated rings. The SMILES string of the molecule is O=C(NCc1ccc2c(c1)OCO2)C1CCN(c2nc3ccccc3n3cccc23)CC1. The van der Waals surface area contributed by atoms with E-state index in [1.165, 1.54) is 0 Å². The molecule has 0 radical (unpaired) electrons. The topological polar surface area (TPSA) is 68.1 Å². The summed E-state index contributed by atoms with van der Waals surface area (Å²) in [5.41, 5.74) is 4.20. The van der Waals surface area contributed by atoms with Gasteiger partial charge in [0.15, 0.2) is 17.3 Å². The molecule has 2 aromatic carbocycles. The van der Waals surface area contributed by atoms with Crippen LogP contribution < -0.4 is 19.7 Å². The number of anilines is 1. The summed E-state index contributed by atoms with van der Waals surface area (Å²) in [6.45, 7) is 2.38. The van der Waals surface area contributed by atoms with Crippen molar-refractivity contribution in [2.75, 3.05) is 24.8 Å². The molecule has 1 amide bonds. The third-order valence-corrected chi connectivity index (χ3v) is 6.41. The Morgan fingerprint density at radius 3 is 2.72 bits per heavy atom. The second-order valence-corrected chi connectivity index (χ2v) is 8.35. The van der Waals surface area contributed by atoms with Crippen LogP contribution >= 0.6 is 0 Å². The number of benzene rings is 2. The van der Waals surface area contributed by atoms with E-state index in [-0.39, 0.29) is 18.6 Å². The van der Waals surface area contributed by atoms with Crippen LogP contribution in [0.15, 0.2) is 60.8 Å². The molecule has 162 valence electrons. The third-order valence-electron chi connectivity index (χ3n) is 6.41. The maximum Gasteiger partial charge on any atom is 0.231 e. The number of rotatable bonds is 4. The van der Waals surface area contributed by atoms with Crippen LogP contribution in [-0.2, 0) is 11.3 Å². The first-order valence-electron chi connectivity index (χ1n) is 11.0. The van der Waals surface area contributed by atoms with Crippen molar-refractivity contribution in [3.63, 3.8) is 0 Å². The molecule has 32 heavy (non-hydrogen) atoms. The summed E-state index contributed by atoms with van der Waals surface area (Å²) < 4.78 is 13.0. The van der Waals surface area contributed by atoms with Crippen LogP contribution in [0.25, 0.3) is 16.6 Å². The Balaban J connectivity index is 1.12. The number of carbonyl (C=O) groups is 1. The van der Waals surface area contributed by atoms with Gasteiger partial charge in [0.1, 0.15) is 0 Å². The van der Waals surface area contributed by atoms with Crippen LogP contribution in [0.1, 0.15) is 18.4 Å². The molecule has 4 aromatic rings. The molecule has 1 N–H and O–H groups in total. The first kappa shape index (κ1) is 19.0. The number of hydrogen-bond donors (Lipinski definition) is 1. The number of ether oxygens (including phenoxy) is 2. The van der Waals surface area contributed by atoms with Gasteiger partial charge in [-0.1, -0.05) is 18.2 Å². The molecule has 0 spiro atoms. The second-order valence-electron chi connectivity index (χ2n) is 8.35. The molecule has 0 unspecified atom stereocenters. The molecular formula is C25H24N4O3. The molecule has 0 atom stereocenters. The lowest BCUT2D eigenvalue weighted by atomic mass is 9.95. The first-order valence-corrected chi connectivity index (χ1v) is 11.0. The number of amides is 1.